The molecule has 0 atom stereocenters. The number of thiazole rings is 1. The first kappa shape index (κ1) is 17.5. The van der Waals surface area contributed by atoms with Crippen LogP contribution in [0.15, 0.2) is 48.5 Å². The Bertz CT molecular complexity index is 1100. The van der Waals surface area contributed by atoms with E-state index in [2.05, 4.69) is 15.3 Å². The largest absolute Gasteiger partial charge is 0.449 e. The molecule has 1 N–H and O–H groups in total. The Hall–Kier alpha value is -2.94. The van der Waals surface area contributed by atoms with Crippen molar-refractivity contribution in [2.45, 2.75) is 19.3 Å². The van der Waals surface area contributed by atoms with Gasteiger partial charge in [0.25, 0.3) is 0 Å². The Labute approximate surface area is 155 Å². The van der Waals surface area contributed by atoms with Crippen LogP contribution in [0.1, 0.15) is 10.8 Å². The van der Waals surface area contributed by atoms with Gasteiger partial charge in [-0.3, -0.25) is 4.79 Å². The minimum Gasteiger partial charge on any atom is -0.348 e. The highest BCUT2D eigenvalue weighted by Gasteiger charge is 2.37. The molecule has 0 aliphatic carbocycles. The zero-order valence-electron chi connectivity index (χ0n) is 13.8. The molecule has 2 aromatic heterocycles. The number of benzene rings is 2. The van der Waals surface area contributed by atoms with Crippen LogP contribution >= 0.6 is 11.3 Å². The zero-order valence-corrected chi connectivity index (χ0v) is 14.6. The maximum atomic E-state index is 13.3. The first-order valence-corrected chi connectivity index (χ1v) is 8.87. The van der Waals surface area contributed by atoms with Crippen molar-refractivity contribution < 1.29 is 18.0 Å². The van der Waals surface area contributed by atoms with E-state index in [1.807, 2.05) is 24.3 Å². The standard InChI is InChI=1S/C18H13F3N4OS/c19-18(20,21)17-24-11-5-1-3-7-13(11)25(17)10-15(26)22-9-16-23-12-6-2-4-8-14(12)27-16/h1-8H,9-10H2,(H,22,26). The molecule has 4 rings (SSSR count). The Morgan fingerprint density at radius 1 is 1.04 bits per heavy atom. The zero-order chi connectivity index (χ0) is 19.0. The van der Waals surface area contributed by atoms with E-state index in [0.717, 1.165) is 14.8 Å². The molecule has 138 valence electrons. The minimum atomic E-state index is -4.65. The molecule has 9 heteroatoms. The molecule has 0 spiro atoms. The molecule has 0 unspecified atom stereocenters. The molecule has 0 radical (unpaired) electrons. The van der Waals surface area contributed by atoms with Gasteiger partial charge in [-0.1, -0.05) is 24.3 Å². The van der Waals surface area contributed by atoms with Crippen LogP contribution in [0.2, 0.25) is 0 Å². The normalized spacial score (nSPS) is 12.0. The lowest BCUT2D eigenvalue weighted by Gasteiger charge is -2.11. The molecule has 27 heavy (non-hydrogen) atoms. The van der Waals surface area contributed by atoms with Crippen LogP contribution in [0.3, 0.4) is 0 Å². The van der Waals surface area contributed by atoms with Crippen molar-refractivity contribution >= 4 is 38.5 Å². The van der Waals surface area contributed by atoms with Crippen molar-refractivity contribution in [2.24, 2.45) is 0 Å². The summed E-state index contributed by atoms with van der Waals surface area (Å²) in [5, 5.41) is 3.33. The molecule has 2 aromatic carbocycles. The summed E-state index contributed by atoms with van der Waals surface area (Å²) >= 11 is 1.43. The molecular weight excluding hydrogens is 377 g/mol. The molecule has 5 nitrogen and oxygen atoms in total. The van der Waals surface area contributed by atoms with Gasteiger partial charge < -0.3 is 9.88 Å². The van der Waals surface area contributed by atoms with Crippen molar-refractivity contribution in [1.29, 1.82) is 0 Å². The molecule has 0 fully saturated rings. The molecule has 0 saturated heterocycles. The van der Waals surface area contributed by atoms with Gasteiger partial charge in [0.05, 0.1) is 27.8 Å². The molecule has 0 bridgehead atoms. The Balaban J connectivity index is 1.54. The third-order valence-corrected chi connectivity index (χ3v) is 5.02. The average Bonchev–Trinajstić information content (AvgIpc) is 3.21. The van der Waals surface area contributed by atoms with Gasteiger partial charge in [-0.05, 0) is 24.3 Å². The first-order chi connectivity index (χ1) is 12.9. The summed E-state index contributed by atoms with van der Waals surface area (Å²) in [6.07, 6.45) is -4.65. The van der Waals surface area contributed by atoms with Gasteiger partial charge in [0.2, 0.25) is 11.7 Å². The van der Waals surface area contributed by atoms with Crippen LogP contribution < -0.4 is 5.32 Å². The maximum Gasteiger partial charge on any atom is 0.449 e. The Morgan fingerprint density at radius 3 is 2.48 bits per heavy atom. The van der Waals surface area contributed by atoms with Crippen molar-refractivity contribution in [2.75, 3.05) is 0 Å². The third kappa shape index (κ3) is 3.50. The smallest absolute Gasteiger partial charge is 0.348 e. The van der Waals surface area contributed by atoms with Gasteiger partial charge in [0, 0.05) is 0 Å². The van der Waals surface area contributed by atoms with Crippen LogP contribution in [-0.4, -0.2) is 20.4 Å². The van der Waals surface area contributed by atoms with Crippen molar-refractivity contribution in [1.82, 2.24) is 19.9 Å². The Kier molecular flexibility index (Phi) is 4.31. The fourth-order valence-corrected chi connectivity index (χ4v) is 3.73. The number of para-hydroxylation sites is 3. The fourth-order valence-electron chi connectivity index (χ4n) is 2.82. The van der Waals surface area contributed by atoms with Crippen LogP contribution in [0, 0.1) is 0 Å². The number of nitrogens with one attached hydrogen (secondary N) is 1. The van der Waals surface area contributed by atoms with Crippen molar-refractivity contribution in [3.63, 3.8) is 0 Å². The second kappa shape index (κ2) is 6.66. The third-order valence-electron chi connectivity index (χ3n) is 3.98. The van der Waals surface area contributed by atoms with E-state index in [9.17, 15) is 18.0 Å². The van der Waals surface area contributed by atoms with Gasteiger partial charge in [0.1, 0.15) is 11.6 Å². The molecule has 0 aliphatic rings. The highest BCUT2D eigenvalue weighted by molar-refractivity contribution is 7.18. The molecule has 4 aromatic rings. The van der Waals surface area contributed by atoms with Crippen LogP contribution in [0.4, 0.5) is 13.2 Å². The van der Waals surface area contributed by atoms with Gasteiger partial charge in [-0.2, -0.15) is 13.2 Å². The Morgan fingerprint density at radius 2 is 1.74 bits per heavy atom. The second-order valence-corrected chi connectivity index (χ2v) is 6.98. The minimum absolute atomic E-state index is 0.159. The lowest BCUT2D eigenvalue weighted by Crippen LogP contribution is -2.29. The molecule has 2 heterocycles. The maximum absolute atomic E-state index is 13.3. The topological polar surface area (TPSA) is 59.8 Å². The van der Waals surface area contributed by atoms with E-state index in [1.165, 1.54) is 23.5 Å². The number of carbonyl (C=O) groups is 1. The van der Waals surface area contributed by atoms with Gasteiger partial charge >= 0.3 is 6.18 Å². The summed E-state index contributed by atoms with van der Waals surface area (Å²) in [4.78, 5) is 20.3. The number of hydrogen-bond donors (Lipinski definition) is 1. The summed E-state index contributed by atoms with van der Waals surface area (Å²) in [5.41, 5.74) is 1.29. The number of fused-ring (bicyclic) bond motifs is 2. The monoisotopic (exact) mass is 390 g/mol. The molecule has 0 aliphatic heterocycles. The summed E-state index contributed by atoms with van der Waals surface area (Å²) < 4.78 is 41.7. The average molecular weight is 390 g/mol. The lowest BCUT2D eigenvalue weighted by atomic mass is 10.3. The van der Waals surface area contributed by atoms with E-state index in [1.54, 1.807) is 12.1 Å². The predicted molar refractivity (Wildman–Crippen MR) is 96.2 cm³/mol. The summed E-state index contributed by atoms with van der Waals surface area (Å²) in [6, 6.07) is 13.8. The van der Waals surface area contributed by atoms with E-state index in [4.69, 9.17) is 0 Å². The summed E-state index contributed by atoms with van der Waals surface area (Å²) in [7, 11) is 0. The fraction of sp³-hybridized carbons (Fsp3) is 0.167. The molecular formula is C18H13F3N4OS. The number of carbonyl (C=O) groups excluding carboxylic acids is 1. The highest BCUT2D eigenvalue weighted by Crippen LogP contribution is 2.31. The van der Waals surface area contributed by atoms with Crippen molar-refractivity contribution in [3.8, 4) is 0 Å². The number of imidazole rings is 1. The number of amides is 1. The van der Waals surface area contributed by atoms with Gasteiger partial charge in [-0.15, -0.1) is 11.3 Å². The number of hydrogen-bond acceptors (Lipinski definition) is 4. The van der Waals surface area contributed by atoms with Gasteiger partial charge in [0.15, 0.2) is 0 Å². The number of alkyl halides is 3. The van der Waals surface area contributed by atoms with Crippen molar-refractivity contribution in [3.05, 3.63) is 59.4 Å². The highest BCUT2D eigenvalue weighted by atomic mass is 32.1. The quantitative estimate of drug-likeness (QED) is 0.573. The van der Waals surface area contributed by atoms with Crippen LogP contribution in [-0.2, 0) is 24.1 Å². The number of rotatable bonds is 4. The summed E-state index contributed by atoms with van der Waals surface area (Å²) in [6.45, 7) is -0.313. The molecule has 0 saturated carbocycles. The number of halogens is 3. The van der Waals surface area contributed by atoms with E-state index in [0.29, 0.717) is 5.01 Å². The van der Waals surface area contributed by atoms with E-state index < -0.39 is 24.5 Å². The van der Waals surface area contributed by atoms with Crippen LogP contribution in [0.5, 0.6) is 0 Å². The second-order valence-electron chi connectivity index (χ2n) is 5.86. The van der Waals surface area contributed by atoms with E-state index in [-0.39, 0.29) is 17.6 Å². The van der Waals surface area contributed by atoms with Gasteiger partial charge in [-0.25, -0.2) is 9.97 Å². The number of aromatic nitrogens is 3. The SMILES string of the molecule is O=C(Cn1c(C(F)(F)F)nc2ccccc21)NCc1nc2ccccc2s1. The molecule has 1 amide bonds. The lowest BCUT2D eigenvalue weighted by molar-refractivity contribution is -0.147. The predicted octanol–water partition coefficient (Wildman–Crippen LogP) is 3.98. The van der Waals surface area contributed by atoms with E-state index >= 15 is 0 Å². The van der Waals surface area contributed by atoms with Crippen LogP contribution in [0.25, 0.3) is 21.3 Å². The first-order valence-electron chi connectivity index (χ1n) is 8.05. The number of nitrogens with zero attached hydrogens (tertiary/aromatic N) is 3. The summed E-state index contributed by atoms with van der Waals surface area (Å²) in [5.74, 6) is -1.62.